The van der Waals surface area contributed by atoms with Crippen molar-refractivity contribution in [3.8, 4) is 11.3 Å². The van der Waals surface area contributed by atoms with Crippen molar-refractivity contribution < 1.29 is 26.7 Å². The number of hydrogen-bond donors (Lipinski definition) is 0. The first-order chi connectivity index (χ1) is 14.2. The number of fused-ring (bicyclic) bond motifs is 1. The highest BCUT2D eigenvalue weighted by Gasteiger charge is 2.36. The number of nitrogens with zero attached hydrogens (tertiary/aromatic N) is 4. The van der Waals surface area contributed by atoms with Crippen LogP contribution in [0.15, 0.2) is 12.1 Å². The Balaban J connectivity index is 1.97. The fraction of sp³-hybridized carbons (Fsp3) is 0.400. The van der Waals surface area contributed by atoms with Crippen LogP contribution >= 0.6 is 0 Å². The van der Waals surface area contributed by atoms with Crippen molar-refractivity contribution in [2.45, 2.75) is 38.8 Å². The number of hydrogen-bond acceptors (Lipinski definition) is 5. The summed E-state index contributed by atoms with van der Waals surface area (Å²) in [7, 11) is 0. The third-order valence-electron chi connectivity index (χ3n) is 5.19. The highest BCUT2D eigenvalue weighted by atomic mass is 19.4. The van der Waals surface area contributed by atoms with Crippen molar-refractivity contribution in [1.82, 2.24) is 19.9 Å². The van der Waals surface area contributed by atoms with Crippen LogP contribution in [0.5, 0.6) is 0 Å². The smallest absolute Gasteiger partial charge is 0.381 e. The van der Waals surface area contributed by atoms with Crippen LogP contribution in [0.25, 0.3) is 22.4 Å². The molecule has 0 saturated carbocycles. The maximum Gasteiger partial charge on any atom is 0.419 e. The molecule has 1 aliphatic heterocycles. The number of aromatic nitrogens is 4. The molecule has 0 bridgehead atoms. The van der Waals surface area contributed by atoms with Crippen LogP contribution in [-0.4, -0.2) is 33.1 Å². The number of ether oxygens (including phenoxy) is 1. The summed E-state index contributed by atoms with van der Waals surface area (Å²) in [6, 6.07) is 1.37. The number of benzene rings is 1. The van der Waals surface area contributed by atoms with E-state index in [2.05, 4.69) is 19.9 Å². The number of rotatable bonds is 2. The molecule has 1 fully saturated rings. The van der Waals surface area contributed by atoms with E-state index in [1.807, 2.05) is 0 Å². The predicted molar refractivity (Wildman–Crippen MR) is 97.8 cm³/mol. The zero-order valence-corrected chi connectivity index (χ0v) is 16.1. The highest BCUT2D eigenvalue weighted by molar-refractivity contribution is 5.87. The molecule has 1 aliphatic rings. The first kappa shape index (κ1) is 20.5. The second-order valence-corrected chi connectivity index (χ2v) is 7.17. The lowest BCUT2D eigenvalue weighted by atomic mass is 9.98. The quantitative estimate of drug-likeness (QED) is 0.548. The van der Waals surface area contributed by atoms with Crippen molar-refractivity contribution in [1.29, 1.82) is 0 Å². The van der Waals surface area contributed by atoms with Gasteiger partial charge in [0.2, 0.25) is 0 Å². The minimum Gasteiger partial charge on any atom is -0.381 e. The summed E-state index contributed by atoms with van der Waals surface area (Å²) in [5.74, 6) is -3.34. The molecule has 1 saturated heterocycles. The number of halogens is 5. The van der Waals surface area contributed by atoms with Crippen LogP contribution in [0.1, 0.15) is 41.5 Å². The molecule has 3 heterocycles. The van der Waals surface area contributed by atoms with Crippen LogP contribution in [0.2, 0.25) is 0 Å². The van der Waals surface area contributed by atoms with Crippen molar-refractivity contribution in [2.24, 2.45) is 0 Å². The third-order valence-corrected chi connectivity index (χ3v) is 5.19. The van der Waals surface area contributed by atoms with Gasteiger partial charge in [0.1, 0.15) is 17.0 Å². The maximum absolute atomic E-state index is 14.8. The lowest BCUT2D eigenvalue weighted by Crippen LogP contribution is -2.17. The Kier molecular flexibility index (Phi) is 5.13. The molecular weight excluding hydrogens is 407 g/mol. The van der Waals surface area contributed by atoms with Crippen LogP contribution < -0.4 is 0 Å². The summed E-state index contributed by atoms with van der Waals surface area (Å²) in [5.41, 5.74) is -0.759. The van der Waals surface area contributed by atoms with Gasteiger partial charge in [0, 0.05) is 24.7 Å². The molecular formula is C20H17F5N4O. The molecule has 0 atom stereocenters. The standard InChI is InChI=1S/C20H17F5N4O/c1-9-10(2)27-19-17(26-9)16(28-18(29-19)11-5-7-30-8-6-11)12-3-4-13(20(23,24)25)15(22)14(12)21/h3-4,11H,5-8H2,1-2H3. The molecule has 5 nitrogen and oxygen atoms in total. The van der Waals surface area contributed by atoms with E-state index in [4.69, 9.17) is 4.74 Å². The monoisotopic (exact) mass is 424 g/mol. The van der Waals surface area contributed by atoms with E-state index < -0.39 is 28.9 Å². The molecule has 10 heteroatoms. The number of alkyl halides is 3. The third kappa shape index (κ3) is 3.60. The Morgan fingerprint density at radius 2 is 1.57 bits per heavy atom. The Morgan fingerprint density at radius 3 is 2.23 bits per heavy atom. The number of aryl methyl sites for hydroxylation is 2. The van der Waals surface area contributed by atoms with Gasteiger partial charge < -0.3 is 4.74 Å². The predicted octanol–water partition coefficient (Wildman–Crippen LogP) is 4.89. The Labute approximate surface area is 168 Å². The van der Waals surface area contributed by atoms with Crippen LogP contribution in [0, 0.1) is 25.5 Å². The first-order valence-electron chi connectivity index (χ1n) is 9.33. The van der Waals surface area contributed by atoms with Gasteiger partial charge in [0.05, 0.1) is 17.0 Å². The van der Waals surface area contributed by atoms with Gasteiger partial charge in [-0.1, -0.05) is 0 Å². The SMILES string of the molecule is Cc1nc2nc(C3CCOCC3)nc(-c3ccc(C(F)(F)F)c(F)c3F)c2nc1C. The molecule has 2 aromatic heterocycles. The molecule has 0 radical (unpaired) electrons. The summed E-state index contributed by atoms with van der Waals surface area (Å²) in [6.07, 6.45) is -3.75. The summed E-state index contributed by atoms with van der Waals surface area (Å²) >= 11 is 0. The van der Waals surface area contributed by atoms with Gasteiger partial charge in [-0.15, -0.1) is 0 Å². The van der Waals surface area contributed by atoms with Crippen molar-refractivity contribution in [3.05, 3.63) is 46.5 Å². The summed E-state index contributed by atoms with van der Waals surface area (Å²) in [5, 5.41) is 0. The van der Waals surface area contributed by atoms with Gasteiger partial charge in [0.25, 0.3) is 0 Å². The van der Waals surface area contributed by atoms with E-state index in [-0.39, 0.29) is 22.8 Å². The second kappa shape index (κ2) is 7.50. The molecule has 0 aliphatic carbocycles. The Morgan fingerprint density at radius 1 is 0.900 bits per heavy atom. The van der Waals surface area contributed by atoms with E-state index >= 15 is 0 Å². The lowest BCUT2D eigenvalue weighted by Gasteiger charge is -2.21. The van der Waals surface area contributed by atoms with E-state index in [0.717, 1.165) is 6.07 Å². The van der Waals surface area contributed by atoms with Crippen molar-refractivity contribution >= 4 is 11.2 Å². The average Bonchev–Trinajstić information content (AvgIpc) is 2.70. The van der Waals surface area contributed by atoms with Gasteiger partial charge in [-0.3, -0.25) is 0 Å². The molecule has 1 aromatic carbocycles. The molecule has 0 unspecified atom stereocenters. The fourth-order valence-corrected chi connectivity index (χ4v) is 3.41. The lowest BCUT2D eigenvalue weighted by molar-refractivity contribution is -0.140. The first-order valence-corrected chi connectivity index (χ1v) is 9.33. The normalized spacial score (nSPS) is 15.7. The highest BCUT2D eigenvalue weighted by Crippen LogP contribution is 2.37. The van der Waals surface area contributed by atoms with E-state index in [1.165, 1.54) is 0 Å². The zero-order valence-electron chi connectivity index (χ0n) is 16.1. The van der Waals surface area contributed by atoms with Gasteiger partial charge in [-0.25, -0.2) is 28.7 Å². The molecule has 0 N–H and O–H groups in total. The van der Waals surface area contributed by atoms with Gasteiger partial charge >= 0.3 is 6.18 Å². The molecule has 4 rings (SSSR count). The van der Waals surface area contributed by atoms with Gasteiger partial charge in [-0.05, 0) is 38.8 Å². The van der Waals surface area contributed by atoms with Gasteiger partial charge in [0.15, 0.2) is 17.3 Å². The van der Waals surface area contributed by atoms with Gasteiger partial charge in [-0.2, -0.15) is 13.2 Å². The zero-order chi connectivity index (χ0) is 21.6. The van der Waals surface area contributed by atoms with Crippen LogP contribution in [-0.2, 0) is 10.9 Å². The van der Waals surface area contributed by atoms with Crippen LogP contribution in [0.4, 0.5) is 22.0 Å². The molecule has 0 spiro atoms. The minimum atomic E-state index is -5.02. The van der Waals surface area contributed by atoms with Crippen molar-refractivity contribution in [3.63, 3.8) is 0 Å². The summed E-state index contributed by atoms with van der Waals surface area (Å²) in [4.78, 5) is 17.6. The Hall–Kier alpha value is -2.75. The molecule has 158 valence electrons. The topological polar surface area (TPSA) is 60.8 Å². The summed E-state index contributed by atoms with van der Waals surface area (Å²) < 4.78 is 73.2. The molecule has 0 amide bonds. The summed E-state index contributed by atoms with van der Waals surface area (Å²) in [6.45, 7) is 4.42. The van der Waals surface area contributed by atoms with Crippen molar-refractivity contribution in [2.75, 3.05) is 13.2 Å². The maximum atomic E-state index is 14.8. The Bertz CT molecular complexity index is 1130. The molecule has 3 aromatic rings. The minimum absolute atomic E-state index is 0.0813. The average molecular weight is 424 g/mol. The largest absolute Gasteiger partial charge is 0.419 e. The van der Waals surface area contributed by atoms with E-state index in [1.54, 1.807) is 13.8 Å². The second-order valence-electron chi connectivity index (χ2n) is 7.17. The van der Waals surface area contributed by atoms with E-state index in [0.29, 0.717) is 49.3 Å². The molecule has 30 heavy (non-hydrogen) atoms. The van der Waals surface area contributed by atoms with E-state index in [9.17, 15) is 22.0 Å². The van der Waals surface area contributed by atoms with Crippen LogP contribution in [0.3, 0.4) is 0 Å². The fourth-order valence-electron chi connectivity index (χ4n) is 3.41.